The van der Waals surface area contributed by atoms with Crippen LogP contribution in [0.5, 0.6) is 0 Å². The van der Waals surface area contributed by atoms with E-state index in [0.717, 1.165) is 6.42 Å². The Labute approximate surface area is 168 Å². The molecule has 146 valence electrons. The van der Waals surface area contributed by atoms with Crippen LogP contribution in [-0.2, 0) is 17.7 Å². The van der Waals surface area contributed by atoms with E-state index in [1.807, 2.05) is 4.57 Å². The number of halogens is 3. The Morgan fingerprint density at radius 2 is 2.00 bits per heavy atom. The number of nitrogens with zero attached hydrogens (tertiary/aromatic N) is 2. The maximum Gasteiger partial charge on any atom is 0.335 e. The number of carboxylic acids is 1. The van der Waals surface area contributed by atoms with Crippen molar-refractivity contribution >= 4 is 32.9 Å². The number of fused-ring (bicyclic) bond motifs is 1. The average Bonchev–Trinajstić information content (AvgIpc) is 2.92. The third kappa shape index (κ3) is 3.42. The van der Waals surface area contributed by atoms with Gasteiger partial charge in [0.25, 0.3) is 0 Å². The lowest BCUT2D eigenvalue weighted by molar-refractivity contribution is -0.0589. The number of aromatic carboxylic acids is 1. The van der Waals surface area contributed by atoms with Gasteiger partial charge in [-0.05, 0) is 43.2 Å². The highest BCUT2D eigenvalue weighted by atomic mass is 79.9. The summed E-state index contributed by atoms with van der Waals surface area (Å²) in [5.74, 6) is -1.89. The monoisotopic (exact) mass is 450 g/mol. The predicted octanol–water partition coefficient (Wildman–Crippen LogP) is 4.46. The van der Waals surface area contributed by atoms with Gasteiger partial charge in [-0.1, -0.05) is 15.9 Å². The van der Waals surface area contributed by atoms with Gasteiger partial charge in [-0.15, -0.1) is 0 Å². The summed E-state index contributed by atoms with van der Waals surface area (Å²) in [7, 11) is 0. The number of benzene rings is 2. The Bertz CT molecular complexity index is 1070. The zero-order chi connectivity index (χ0) is 20.0. The van der Waals surface area contributed by atoms with Crippen LogP contribution in [0, 0.1) is 18.6 Å². The SMILES string of the molecule is Cc1cc(C(=O)O)cc2c1nc(Cc1c(F)cc(Br)cc1F)n2C[C@@H]1CCO1. The zero-order valence-electron chi connectivity index (χ0n) is 15.0. The van der Waals surface area contributed by atoms with Crippen molar-refractivity contribution in [2.24, 2.45) is 0 Å². The molecule has 1 fully saturated rings. The molecule has 1 N–H and O–H groups in total. The second kappa shape index (κ2) is 7.25. The van der Waals surface area contributed by atoms with E-state index in [9.17, 15) is 18.7 Å². The molecule has 0 spiro atoms. The van der Waals surface area contributed by atoms with Gasteiger partial charge in [-0.2, -0.15) is 0 Å². The average molecular weight is 451 g/mol. The lowest BCUT2D eigenvalue weighted by Gasteiger charge is -2.27. The molecule has 0 unspecified atom stereocenters. The van der Waals surface area contributed by atoms with E-state index in [4.69, 9.17) is 4.74 Å². The molecule has 1 aromatic heterocycles. The molecule has 0 aliphatic carbocycles. The molecule has 0 bridgehead atoms. The van der Waals surface area contributed by atoms with Crippen LogP contribution in [0.1, 0.15) is 33.7 Å². The fourth-order valence-corrected chi connectivity index (χ4v) is 3.84. The summed E-state index contributed by atoms with van der Waals surface area (Å²) in [4.78, 5) is 16.1. The molecule has 0 saturated carbocycles. The van der Waals surface area contributed by atoms with Crippen molar-refractivity contribution in [1.29, 1.82) is 0 Å². The summed E-state index contributed by atoms with van der Waals surface area (Å²) >= 11 is 3.08. The summed E-state index contributed by atoms with van der Waals surface area (Å²) in [5.41, 5.74) is 2.01. The van der Waals surface area contributed by atoms with Gasteiger partial charge in [0.15, 0.2) is 0 Å². The molecular formula is C20H17BrF2N2O3. The summed E-state index contributed by atoms with van der Waals surface area (Å²) in [6.45, 7) is 2.90. The maximum absolute atomic E-state index is 14.4. The zero-order valence-corrected chi connectivity index (χ0v) is 16.6. The lowest BCUT2D eigenvalue weighted by Crippen LogP contribution is -2.31. The molecule has 2 heterocycles. The molecule has 0 amide bonds. The van der Waals surface area contributed by atoms with Gasteiger partial charge in [-0.25, -0.2) is 18.6 Å². The summed E-state index contributed by atoms with van der Waals surface area (Å²) < 4.78 is 36.4. The van der Waals surface area contributed by atoms with Crippen molar-refractivity contribution in [3.63, 3.8) is 0 Å². The molecule has 3 aromatic rings. The smallest absolute Gasteiger partial charge is 0.335 e. The van der Waals surface area contributed by atoms with E-state index in [-0.39, 0.29) is 23.7 Å². The number of hydrogen-bond acceptors (Lipinski definition) is 3. The second-order valence-electron chi connectivity index (χ2n) is 6.91. The van der Waals surface area contributed by atoms with Crippen LogP contribution in [0.2, 0.25) is 0 Å². The van der Waals surface area contributed by atoms with Crippen molar-refractivity contribution < 1.29 is 23.4 Å². The van der Waals surface area contributed by atoms with Crippen LogP contribution >= 0.6 is 15.9 Å². The second-order valence-corrected chi connectivity index (χ2v) is 7.83. The van der Waals surface area contributed by atoms with Gasteiger partial charge >= 0.3 is 5.97 Å². The van der Waals surface area contributed by atoms with E-state index < -0.39 is 17.6 Å². The number of carbonyl (C=O) groups is 1. The van der Waals surface area contributed by atoms with Crippen LogP contribution in [0.25, 0.3) is 11.0 Å². The van der Waals surface area contributed by atoms with Crippen molar-refractivity contribution in [3.8, 4) is 0 Å². The van der Waals surface area contributed by atoms with Gasteiger partial charge in [0, 0.05) is 23.1 Å². The van der Waals surface area contributed by atoms with Crippen LogP contribution in [-0.4, -0.2) is 33.3 Å². The molecule has 1 aliphatic rings. The van der Waals surface area contributed by atoms with Crippen molar-refractivity contribution in [2.45, 2.75) is 32.4 Å². The highest BCUT2D eigenvalue weighted by molar-refractivity contribution is 9.10. The summed E-state index contributed by atoms with van der Waals surface area (Å²) in [5, 5.41) is 9.38. The minimum Gasteiger partial charge on any atom is -0.478 e. The summed E-state index contributed by atoms with van der Waals surface area (Å²) in [6, 6.07) is 5.53. The molecular weight excluding hydrogens is 434 g/mol. The maximum atomic E-state index is 14.4. The van der Waals surface area contributed by atoms with Crippen LogP contribution in [0.3, 0.4) is 0 Å². The summed E-state index contributed by atoms with van der Waals surface area (Å²) in [6.07, 6.45) is 0.802. The molecule has 5 nitrogen and oxygen atoms in total. The standard InChI is InChI=1S/C20H17BrF2N2O3/c1-10-4-11(20(26)27)5-17-19(10)24-18(25(17)9-13-2-3-28-13)8-14-15(22)6-12(21)7-16(14)23/h4-7,13H,2-3,8-9H2,1H3,(H,26,27)/t13-/m0/s1. The van der Waals surface area contributed by atoms with Gasteiger partial charge in [-0.3, -0.25) is 0 Å². The minimum atomic E-state index is -1.04. The Balaban J connectivity index is 1.86. The van der Waals surface area contributed by atoms with E-state index >= 15 is 0 Å². The molecule has 8 heteroatoms. The highest BCUT2D eigenvalue weighted by Gasteiger charge is 2.24. The minimum absolute atomic E-state index is 0.0236. The number of aromatic nitrogens is 2. The largest absolute Gasteiger partial charge is 0.478 e. The van der Waals surface area contributed by atoms with E-state index in [0.29, 0.717) is 40.0 Å². The van der Waals surface area contributed by atoms with Gasteiger partial charge in [0.1, 0.15) is 17.5 Å². The molecule has 0 radical (unpaired) electrons. The third-order valence-electron chi connectivity index (χ3n) is 4.99. The van der Waals surface area contributed by atoms with E-state index in [2.05, 4.69) is 20.9 Å². The molecule has 28 heavy (non-hydrogen) atoms. The van der Waals surface area contributed by atoms with Gasteiger partial charge in [0.2, 0.25) is 0 Å². The molecule has 1 atom stereocenters. The fourth-order valence-electron chi connectivity index (χ4n) is 3.43. The molecule has 1 aliphatic heterocycles. The van der Waals surface area contributed by atoms with Gasteiger partial charge in [0.05, 0.1) is 29.2 Å². The normalized spacial score (nSPS) is 16.4. The number of ether oxygens (including phenoxy) is 1. The Kier molecular flexibility index (Phi) is 4.93. The Hall–Kier alpha value is -2.32. The van der Waals surface area contributed by atoms with Crippen molar-refractivity contribution in [1.82, 2.24) is 9.55 Å². The first-order chi connectivity index (χ1) is 13.3. The number of hydrogen-bond donors (Lipinski definition) is 1. The number of carboxylic acid groups (broad SMARTS) is 1. The van der Waals surface area contributed by atoms with Gasteiger partial charge < -0.3 is 14.4 Å². The highest BCUT2D eigenvalue weighted by Crippen LogP contribution is 2.28. The fraction of sp³-hybridized carbons (Fsp3) is 0.300. The molecule has 2 aromatic carbocycles. The first kappa shape index (κ1) is 19.0. The number of aryl methyl sites for hydroxylation is 1. The van der Waals surface area contributed by atoms with Crippen molar-refractivity contribution in [2.75, 3.05) is 6.61 Å². The Morgan fingerprint density at radius 1 is 1.32 bits per heavy atom. The van der Waals surface area contributed by atoms with E-state index in [1.165, 1.54) is 12.1 Å². The number of imidazole rings is 1. The quantitative estimate of drug-likeness (QED) is 0.622. The Morgan fingerprint density at radius 3 is 2.57 bits per heavy atom. The van der Waals surface area contributed by atoms with Crippen LogP contribution in [0.15, 0.2) is 28.7 Å². The number of rotatable bonds is 5. The lowest BCUT2D eigenvalue weighted by atomic mass is 10.1. The molecule has 1 saturated heterocycles. The van der Waals surface area contributed by atoms with E-state index in [1.54, 1.807) is 19.1 Å². The topological polar surface area (TPSA) is 64.3 Å². The van der Waals surface area contributed by atoms with Crippen LogP contribution < -0.4 is 0 Å². The van der Waals surface area contributed by atoms with Crippen molar-refractivity contribution in [3.05, 3.63) is 62.9 Å². The first-order valence-electron chi connectivity index (χ1n) is 8.81. The van der Waals surface area contributed by atoms with Crippen LogP contribution in [0.4, 0.5) is 8.78 Å². The first-order valence-corrected chi connectivity index (χ1v) is 9.61. The molecule has 4 rings (SSSR count). The third-order valence-corrected chi connectivity index (χ3v) is 5.45. The predicted molar refractivity (Wildman–Crippen MR) is 103 cm³/mol.